The van der Waals surface area contributed by atoms with Gasteiger partial charge in [0, 0.05) is 37.2 Å². The van der Waals surface area contributed by atoms with Gasteiger partial charge in [-0.1, -0.05) is 13.0 Å². The highest BCUT2D eigenvalue weighted by Crippen LogP contribution is 2.27. The van der Waals surface area contributed by atoms with Crippen LogP contribution in [-0.4, -0.2) is 33.0 Å². The van der Waals surface area contributed by atoms with Gasteiger partial charge in [0.05, 0.1) is 6.20 Å². The first-order chi connectivity index (χ1) is 9.66. The molecule has 5 heteroatoms. The summed E-state index contributed by atoms with van der Waals surface area (Å²) in [4.78, 5) is 25.0. The van der Waals surface area contributed by atoms with Crippen molar-refractivity contribution in [2.45, 2.75) is 44.9 Å². The molecule has 106 valence electrons. The van der Waals surface area contributed by atoms with Gasteiger partial charge in [-0.2, -0.15) is 5.10 Å². The summed E-state index contributed by atoms with van der Waals surface area (Å²) in [5.74, 6) is 0.371. The van der Waals surface area contributed by atoms with Gasteiger partial charge in [-0.05, 0) is 24.8 Å². The lowest BCUT2D eigenvalue weighted by Gasteiger charge is -2.25. The average Bonchev–Trinajstić information content (AvgIpc) is 2.83. The van der Waals surface area contributed by atoms with Gasteiger partial charge in [-0.15, -0.1) is 0 Å². The molecule has 1 fully saturated rings. The van der Waals surface area contributed by atoms with Gasteiger partial charge in [0.15, 0.2) is 0 Å². The molecule has 0 spiro atoms. The number of piperidine rings is 1. The second kappa shape index (κ2) is 5.23. The first-order valence-corrected chi connectivity index (χ1v) is 7.23. The van der Waals surface area contributed by atoms with E-state index in [0.29, 0.717) is 38.1 Å². The monoisotopic (exact) mass is 273 g/mol. The van der Waals surface area contributed by atoms with Gasteiger partial charge in [-0.25, -0.2) is 4.68 Å². The summed E-state index contributed by atoms with van der Waals surface area (Å²) in [6.45, 7) is 2.66. The Morgan fingerprint density at radius 2 is 2.05 bits per heavy atom. The van der Waals surface area contributed by atoms with E-state index in [1.54, 1.807) is 0 Å². The van der Waals surface area contributed by atoms with Crippen molar-refractivity contribution >= 4 is 18.0 Å². The SMILES string of the molecule is CC1CC=Cn2ncc(CCN3C(=O)CCCC3=O)c21. The van der Waals surface area contributed by atoms with Crippen molar-refractivity contribution in [2.24, 2.45) is 0 Å². The van der Waals surface area contributed by atoms with E-state index in [1.165, 1.54) is 10.6 Å². The number of hydrogen-bond acceptors (Lipinski definition) is 3. The smallest absolute Gasteiger partial charge is 0.229 e. The van der Waals surface area contributed by atoms with Gasteiger partial charge in [0.2, 0.25) is 11.8 Å². The van der Waals surface area contributed by atoms with Gasteiger partial charge >= 0.3 is 0 Å². The predicted octanol–water partition coefficient (Wildman–Crippen LogP) is 1.94. The molecule has 2 amide bonds. The topological polar surface area (TPSA) is 55.2 Å². The van der Waals surface area contributed by atoms with Crippen LogP contribution in [0.2, 0.25) is 0 Å². The van der Waals surface area contributed by atoms with Crippen molar-refractivity contribution < 1.29 is 9.59 Å². The molecule has 0 aromatic carbocycles. The molecule has 2 aliphatic heterocycles. The summed E-state index contributed by atoms with van der Waals surface area (Å²) in [6, 6.07) is 0. The molecular formula is C15H19N3O2. The van der Waals surface area contributed by atoms with Crippen molar-refractivity contribution in [3.05, 3.63) is 23.5 Å². The van der Waals surface area contributed by atoms with Crippen LogP contribution in [-0.2, 0) is 16.0 Å². The maximum Gasteiger partial charge on any atom is 0.229 e. The average molecular weight is 273 g/mol. The Labute approximate surface area is 118 Å². The highest BCUT2D eigenvalue weighted by molar-refractivity contribution is 5.97. The minimum Gasteiger partial charge on any atom is -0.282 e. The Morgan fingerprint density at radius 1 is 1.30 bits per heavy atom. The fraction of sp³-hybridized carbons (Fsp3) is 0.533. The van der Waals surface area contributed by atoms with Crippen LogP contribution < -0.4 is 0 Å². The lowest BCUT2D eigenvalue weighted by molar-refractivity contribution is -0.147. The third-order valence-electron chi connectivity index (χ3n) is 4.10. The second-order valence-corrected chi connectivity index (χ2v) is 5.56. The molecule has 1 unspecified atom stereocenters. The maximum absolute atomic E-state index is 11.8. The highest BCUT2D eigenvalue weighted by atomic mass is 16.2. The fourth-order valence-corrected chi connectivity index (χ4v) is 3.02. The molecule has 3 rings (SSSR count). The summed E-state index contributed by atoms with van der Waals surface area (Å²) < 4.78 is 1.91. The Bertz CT molecular complexity index is 558. The molecule has 3 heterocycles. The van der Waals surface area contributed by atoms with E-state index in [9.17, 15) is 9.59 Å². The number of fused-ring (bicyclic) bond motifs is 1. The van der Waals surface area contributed by atoms with Crippen LogP contribution in [0, 0.1) is 0 Å². The van der Waals surface area contributed by atoms with Gasteiger partial charge < -0.3 is 0 Å². The zero-order valence-electron chi connectivity index (χ0n) is 11.7. The lowest BCUT2D eigenvalue weighted by Crippen LogP contribution is -2.41. The summed E-state index contributed by atoms with van der Waals surface area (Å²) >= 11 is 0. The van der Waals surface area contributed by atoms with Gasteiger partial charge in [0.1, 0.15) is 0 Å². The Morgan fingerprint density at radius 3 is 2.80 bits per heavy atom. The van der Waals surface area contributed by atoms with Crippen molar-refractivity contribution in [1.29, 1.82) is 0 Å². The minimum atomic E-state index is -0.0322. The minimum absolute atomic E-state index is 0.0322. The maximum atomic E-state index is 11.8. The Balaban J connectivity index is 1.73. The van der Waals surface area contributed by atoms with Crippen molar-refractivity contribution in [3.8, 4) is 0 Å². The van der Waals surface area contributed by atoms with E-state index < -0.39 is 0 Å². The zero-order chi connectivity index (χ0) is 14.1. The second-order valence-electron chi connectivity index (χ2n) is 5.56. The molecule has 1 saturated heterocycles. The van der Waals surface area contributed by atoms with Crippen LogP contribution in [0.4, 0.5) is 0 Å². The number of aromatic nitrogens is 2. The molecule has 0 saturated carbocycles. The number of allylic oxidation sites excluding steroid dienone is 1. The van der Waals surface area contributed by atoms with Crippen LogP contribution in [0.15, 0.2) is 12.3 Å². The zero-order valence-corrected chi connectivity index (χ0v) is 11.7. The van der Waals surface area contributed by atoms with Crippen molar-refractivity contribution in [2.75, 3.05) is 6.54 Å². The standard InChI is InChI=1S/C15H19N3O2/c1-11-4-3-8-18-15(11)12(10-16-18)7-9-17-13(19)5-2-6-14(17)20/h3,8,10-11H,2,4-7,9H2,1H3. The number of hydrogen-bond donors (Lipinski definition) is 0. The van der Waals surface area contributed by atoms with E-state index in [1.807, 2.05) is 17.1 Å². The molecule has 0 radical (unpaired) electrons. The van der Waals surface area contributed by atoms with Gasteiger partial charge in [-0.3, -0.25) is 14.5 Å². The molecule has 20 heavy (non-hydrogen) atoms. The number of imide groups is 1. The molecule has 0 bridgehead atoms. The molecule has 2 aliphatic rings. The quantitative estimate of drug-likeness (QED) is 0.791. The van der Waals surface area contributed by atoms with E-state index in [4.69, 9.17) is 0 Å². The van der Waals surface area contributed by atoms with Gasteiger partial charge in [0.25, 0.3) is 0 Å². The largest absolute Gasteiger partial charge is 0.282 e. The lowest BCUT2D eigenvalue weighted by atomic mass is 9.96. The number of carbonyl (C=O) groups excluding carboxylic acids is 2. The number of rotatable bonds is 3. The Kier molecular flexibility index (Phi) is 3.42. The molecule has 0 aliphatic carbocycles. The van der Waals surface area contributed by atoms with Crippen LogP contribution in [0.5, 0.6) is 0 Å². The molecule has 0 N–H and O–H groups in total. The Hall–Kier alpha value is -1.91. The van der Waals surface area contributed by atoms with Crippen LogP contribution >= 0.6 is 0 Å². The van der Waals surface area contributed by atoms with E-state index in [0.717, 1.165) is 12.0 Å². The fourth-order valence-electron chi connectivity index (χ4n) is 3.02. The highest BCUT2D eigenvalue weighted by Gasteiger charge is 2.26. The summed E-state index contributed by atoms with van der Waals surface area (Å²) in [5, 5.41) is 4.35. The third-order valence-corrected chi connectivity index (χ3v) is 4.10. The molecule has 1 atom stereocenters. The van der Waals surface area contributed by atoms with Crippen LogP contribution in [0.1, 0.15) is 49.8 Å². The van der Waals surface area contributed by atoms with Crippen LogP contribution in [0.3, 0.4) is 0 Å². The normalized spacial score (nSPS) is 22.2. The number of likely N-dealkylation sites (tertiary alicyclic amines) is 1. The first kappa shape index (κ1) is 13.1. The van der Waals surface area contributed by atoms with E-state index in [-0.39, 0.29) is 11.8 Å². The molecule has 1 aromatic rings. The van der Waals surface area contributed by atoms with Crippen molar-refractivity contribution in [1.82, 2.24) is 14.7 Å². The van der Waals surface area contributed by atoms with Crippen molar-refractivity contribution in [3.63, 3.8) is 0 Å². The number of amides is 2. The van der Waals surface area contributed by atoms with E-state index in [2.05, 4.69) is 18.1 Å². The van der Waals surface area contributed by atoms with Crippen LogP contribution in [0.25, 0.3) is 6.20 Å². The third kappa shape index (κ3) is 2.28. The first-order valence-electron chi connectivity index (χ1n) is 7.23. The summed E-state index contributed by atoms with van der Waals surface area (Å²) in [7, 11) is 0. The molecule has 1 aromatic heterocycles. The summed E-state index contributed by atoms with van der Waals surface area (Å²) in [5.41, 5.74) is 2.36. The number of carbonyl (C=O) groups is 2. The predicted molar refractivity (Wildman–Crippen MR) is 74.9 cm³/mol. The molecule has 5 nitrogen and oxygen atoms in total. The van der Waals surface area contributed by atoms with E-state index >= 15 is 0 Å². The number of nitrogens with zero attached hydrogens (tertiary/aromatic N) is 3. The summed E-state index contributed by atoms with van der Waals surface area (Å²) in [6.07, 6.45) is 9.36. The molecular weight excluding hydrogens is 254 g/mol.